The minimum absolute atomic E-state index is 0.0884. The third-order valence-electron chi connectivity index (χ3n) is 2.53. The molecule has 0 aromatic heterocycles. The highest BCUT2D eigenvalue weighted by Gasteiger charge is 2.47. The fourth-order valence-electron chi connectivity index (χ4n) is 1.43. The first-order valence-corrected chi connectivity index (χ1v) is 7.93. The van der Waals surface area contributed by atoms with Gasteiger partial charge in [0.05, 0.1) is 13.5 Å². The van der Waals surface area contributed by atoms with Crippen molar-refractivity contribution >= 4 is 46.7 Å². The Morgan fingerprint density at radius 2 is 1.60 bits per heavy atom. The van der Waals surface area contributed by atoms with Gasteiger partial charge < -0.3 is 15.4 Å². The number of carbonyl (C=O) groups excluding carboxylic acids is 3. The van der Waals surface area contributed by atoms with Crippen LogP contribution in [0.3, 0.4) is 0 Å². The van der Waals surface area contributed by atoms with E-state index < -0.39 is 30.3 Å². The largest absolute Gasteiger partial charge is 0.469 e. The topological polar surface area (TPSA) is 84.5 Å². The molecule has 1 aromatic rings. The maximum absolute atomic E-state index is 13.7. The maximum atomic E-state index is 13.7. The molecule has 0 radical (unpaired) electrons. The predicted octanol–water partition coefficient (Wildman–Crippen LogP) is 3.27. The molecule has 0 unspecified atom stereocenters. The van der Waals surface area contributed by atoms with Crippen LogP contribution in [0.15, 0.2) is 18.2 Å². The Morgan fingerprint density at radius 3 is 2.08 bits per heavy atom. The number of amides is 2. The lowest BCUT2D eigenvalue weighted by Gasteiger charge is -2.16. The molecule has 6 nitrogen and oxygen atoms in total. The molecule has 0 aliphatic heterocycles. The molecule has 0 aliphatic carbocycles. The molecule has 2 amide bonds. The van der Waals surface area contributed by atoms with Crippen LogP contribution in [-0.2, 0) is 19.1 Å². The molecule has 0 spiro atoms. The number of nitrogens with one attached hydrogen (secondary N) is 2. The second-order valence-corrected chi connectivity index (χ2v) is 5.14. The van der Waals surface area contributed by atoms with Crippen LogP contribution in [0.1, 0.15) is 20.3 Å². The van der Waals surface area contributed by atoms with Gasteiger partial charge in [0.2, 0.25) is 0 Å². The average molecular weight is 399 g/mol. The number of benzene rings is 1. The standard InChI is InChI=1S/C13H12Cl2F2N2O4.C2H6/c1-23-10(20)2-3-18-11(21)13(16,17)12(22)19-9-5-7(14)4-8(15)6-9;1-2/h4-6H,2-3H2,1H3,(H,18,21)(H,19,22);1-2H3. The number of anilines is 1. The normalized spacial score (nSPS) is 10.2. The van der Waals surface area contributed by atoms with Crippen molar-refractivity contribution in [3.8, 4) is 0 Å². The number of methoxy groups -OCH3 is 1. The second-order valence-electron chi connectivity index (χ2n) is 4.27. The van der Waals surface area contributed by atoms with Crippen molar-refractivity contribution in [2.45, 2.75) is 26.2 Å². The van der Waals surface area contributed by atoms with Gasteiger partial charge in [0.1, 0.15) is 0 Å². The molecule has 0 heterocycles. The Morgan fingerprint density at radius 1 is 1.08 bits per heavy atom. The van der Waals surface area contributed by atoms with E-state index in [0.29, 0.717) is 0 Å². The maximum Gasteiger partial charge on any atom is 0.400 e. The number of alkyl halides is 2. The van der Waals surface area contributed by atoms with E-state index in [1.807, 2.05) is 19.2 Å². The monoisotopic (exact) mass is 398 g/mol. The SMILES string of the molecule is CC.COC(=O)CCNC(=O)C(F)(F)C(=O)Nc1cc(Cl)cc(Cl)c1. The fourth-order valence-corrected chi connectivity index (χ4v) is 1.96. The summed E-state index contributed by atoms with van der Waals surface area (Å²) in [5.74, 6) is -8.73. The highest BCUT2D eigenvalue weighted by molar-refractivity contribution is 6.35. The van der Waals surface area contributed by atoms with Crippen molar-refractivity contribution in [3.63, 3.8) is 0 Å². The Hall–Kier alpha value is -1.93. The summed E-state index contributed by atoms with van der Waals surface area (Å²) in [4.78, 5) is 33.7. The molecule has 25 heavy (non-hydrogen) atoms. The summed E-state index contributed by atoms with van der Waals surface area (Å²) >= 11 is 11.4. The van der Waals surface area contributed by atoms with Gasteiger partial charge in [-0.05, 0) is 18.2 Å². The molecule has 0 fully saturated rings. The Balaban J connectivity index is 0.00000277. The summed E-state index contributed by atoms with van der Waals surface area (Å²) in [6.45, 7) is 3.61. The lowest BCUT2D eigenvalue weighted by molar-refractivity contribution is -0.156. The number of ether oxygens (including phenoxy) is 1. The highest BCUT2D eigenvalue weighted by Crippen LogP contribution is 2.24. The molecule has 140 valence electrons. The smallest absolute Gasteiger partial charge is 0.400 e. The lowest BCUT2D eigenvalue weighted by Crippen LogP contribution is -2.49. The van der Waals surface area contributed by atoms with Crippen molar-refractivity contribution in [3.05, 3.63) is 28.2 Å². The van der Waals surface area contributed by atoms with Crippen LogP contribution in [0.4, 0.5) is 14.5 Å². The first-order valence-electron chi connectivity index (χ1n) is 7.17. The first kappa shape index (κ1) is 23.1. The summed E-state index contributed by atoms with van der Waals surface area (Å²) < 4.78 is 31.7. The van der Waals surface area contributed by atoms with Gasteiger partial charge in [-0.15, -0.1) is 0 Å². The third-order valence-corrected chi connectivity index (χ3v) is 2.97. The number of carbonyl (C=O) groups is 3. The predicted molar refractivity (Wildman–Crippen MR) is 91.0 cm³/mol. The Labute approximate surface area is 153 Å². The van der Waals surface area contributed by atoms with Gasteiger partial charge in [0, 0.05) is 22.3 Å². The Kier molecular flexibility index (Phi) is 10.00. The van der Waals surface area contributed by atoms with Gasteiger partial charge in [-0.2, -0.15) is 8.78 Å². The van der Waals surface area contributed by atoms with Gasteiger partial charge >= 0.3 is 23.7 Å². The van der Waals surface area contributed by atoms with Crippen LogP contribution >= 0.6 is 23.2 Å². The molecule has 1 rings (SSSR count). The summed E-state index contributed by atoms with van der Waals surface area (Å²) in [5.41, 5.74) is -0.0884. The van der Waals surface area contributed by atoms with E-state index in [4.69, 9.17) is 23.2 Å². The van der Waals surface area contributed by atoms with E-state index in [0.717, 1.165) is 7.11 Å². The Bertz CT molecular complexity index is 607. The summed E-state index contributed by atoms with van der Waals surface area (Å²) in [5, 5.41) is 3.87. The van der Waals surface area contributed by atoms with Crippen LogP contribution < -0.4 is 10.6 Å². The molecule has 10 heteroatoms. The van der Waals surface area contributed by atoms with Gasteiger partial charge in [-0.25, -0.2) is 0 Å². The quantitative estimate of drug-likeness (QED) is 0.568. The number of halogens is 4. The van der Waals surface area contributed by atoms with Gasteiger partial charge in [-0.3, -0.25) is 14.4 Å². The molecule has 0 aliphatic rings. The van der Waals surface area contributed by atoms with Crippen LogP contribution in [0.25, 0.3) is 0 Å². The van der Waals surface area contributed by atoms with E-state index >= 15 is 0 Å². The molecule has 0 saturated heterocycles. The van der Waals surface area contributed by atoms with Gasteiger partial charge in [0.15, 0.2) is 0 Å². The van der Waals surface area contributed by atoms with Crippen LogP contribution in [0.2, 0.25) is 10.0 Å². The molecule has 0 bridgehead atoms. The van der Waals surface area contributed by atoms with Crippen molar-refractivity contribution in [1.29, 1.82) is 0 Å². The van der Waals surface area contributed by atoms with Crippen molar-refractivity contribution in [2.24, 2.45) is 0 Å². The van der Waals surface area contributed by atoms with Crippen LogP contribution in [0.5, 0.6) is 0 Å². The first-order chi connectivity index (χ1) is 11.7. The third kappa shape index (κ3) is 7.66. The summed E-state index contributed by atoms with van der Waals surface area (Å²) in [6.07, 6.45) is -0.302. The molecule has 2 N–H and O–H groups in total. The van der Waals surface area contributed by atoms with E-state index in [1.165, 1.54) is 18.2 Å². The molecule has 1 aromatic carbocycles. The number of esters is 1. The summed E-state index contributed by atoms with van der Waals surface area (Å²) in [6, 6.07) is 3.73. The zero-order valence-corrected chi connectivity index (χ0v) is 15.3. The molecular weight excluding hydrogens is 381 g/mol. The minimum Gasteiger partial charge on any atom is -0.469 e. The van der Waals surface area contributed by atoms with Crippen molar-refractivity contribution in [1.82, 2.24) is 5.32 Å². The van der Waals surface area contributed by atoms with Crippen LogP contribution in [0, 0.1) is 0 Å². The number of hydrogen-bond acceptors (Lipinski definition) is 4. The molecular formula is C15H18Cl2F2N2O4. The van der Waals surface area contributed by atoms with E-state index in [2.05, 4.69) is 4.74 Å². The number of hydrogen-bond donors (Lipinski definition) is 2. The second kappa shape index (κ2) is 10.8. The number of rotatable bonds is 6. The minimum atomic E-state index is -4.34. The fraction of sp³-hybridized carbons (Fsp3) is 0.400. The molecule has 0 saturated carbocycles. The van der Waals surface area contributed by atoms with Crippen molar-refractivity contribution < 1.29 is 27.9 Å². The lowest BCUT2D eigenvalue weighted by atomic mass is 10.2. The zero-order chi connectivity index (χ0) is 19.6. The van der Waals surface area contributed by atoms with Gasteiger partial charge in [-0.1, -0.05) is 37.0 Å². The van der Waals surface area contributed by atoms with E-state index in [9.17, 15) is 23.2 Å². The highest BCUT2D eigenvalue weighted by atomic mass is 35.5. The summed E-state index contributed by atoms with van der Waals surface area (Å²) in [7, 11) is 1.11. The van der Waals surface area contributed by atoms with E-state index in [-0.39, 0.29) is 22.2 Å². The average Bonchev–Trinajstić information content (AvgIpc) is 2.55. The zero-order valence-electron chi connectivity index (χ0n) is 13.8. The van der Waals surface area contributed by atoms with Crippen molar-refractivity contribution in [2.75, 3.05) is 19.0 Å². The molecule has 0 atom stereocenters. The van der Waals surface area contributed by atoms with Gasteiger partial charge in [0.25, 0.3) is 0 Å². The van der Waals surface area contributed by atoms with Crippen LogP contribution in [-0.4, -0.2) is 37.4 Å². The van der Waals surface area contributed by atoms with E-state index in [1.54, 1.807) is 5.32 Å².